The molecule has 0 bridgehead atoms. The fourth-order valence-corrected chi connectivity index (χ4v) is 4.57. The highest BCUT2D eigenvalue weighted by molar-refractivity contribution is 6.35. The molecule has 1 N–H and O–H groups in total. The molecule has 0 radical (unpaired) electrons. The maximum absolute atomic E-state index is 13.6. The Morgan fingerprint density at radius 2 is 1.64 bits per heavy atom. The number of amides is 2. The van der Waals surface area contributed by atoms with Gasteiger partial charge in [-0.25, -0.2) is 0 Å². The van der Waals surface area contributed by atoms with Crippen LogP contribution in [0.3, 0.4) is 0 Å². The lowest BCUT2D eigenvalue weighted by molar-refractivity contribution is -0.142. The van der Waals surface area contributed by atoms with Crippen LogP contribution in [0.2, 0.25) is 10.0 Å². The average Bonchev–Trinajstić information content (AvgIpc) is 2.90. The summed E-state index contributed by atoms with van der Waals surface area (Å²) in [6.07, 6.45) is 0.339. The quantitative estimate of drug-likeness (QED) is 0.298. The van der Waals surface area contributed by atoms with Crippen molar-refractivity contribution in [1.29, 1.82) is 0 Å². The second kappa shape index (κ2) is 11.9. The lowest BCUT2D eigenvalue weighted by atomic mass is 10.0. The summed E-state index contributed by atoms with van der Waals surface area (Å²) in [6.45, 7) is -0.111. The van der Waals surface area contributed by atoms with E-state index >= 15 is 0 Å². The lowest BCUT2D eigenvalue weighted by Gasteiger charge is -2.31. The zero-order valence-electron chi connectivity index (χ0n) is 19.8. The Balaban J connectivity index is 1.64. The van der Waals surface area contributed by atoms with Crippen molar-refractivity contribution in [1.82, 2.24) is 10.2 Å². The first-order valence-electron chi connectivity index (χ1n) is 11.6. The van der Waals surface area contributed by atoms with Crippen LogP contribution in [-0.2, 0) is 22.6 Å². The molecule has 0 fully saturated rings. The fraction of sp³-hybridized carbons (Fsp3) is 0.172. The van der Waals surface area contributed by atoms with Gasteiger partial charge in [0.05, 0.1) is 0 Å². The number of nitrogens with zero attached hydrogens (tertiary/aromatic N) is 1. The van der Waals surface area contributed by atoms with Gasteiger partial charge < -0.3 is 15.0 Å². The summed E-state index contributed by atoms with van der Waals surface area (Å²) in [6, 6.07) is 27.4. The molecule has 1 atom stereocenters. The number of fused-ring (bicyclic) bond motifs is 1. The van der Waals surface area contributed by atoms with E-state index in [2.05, 4.69) is 5.32 Å². The minimum atomic E-state index is -0.771. The smallest absolute Gasteiger partial charge is 0.261 e. The summed E-state index contributed by atoms with van der Waals surface area (Å²) in [7, 11) is 1.56. The highest BCUT2D eigenvalue weighted by Crippen LogP contribution is 2.27. The van der Waals surface area contributed by atoms with Gasteiger partial charge in [-0.3, -0.25) is 9.59 Å². The summed E-state index contributed by atoms with van der Waals surface area (Å²) in [5, 5.41) is 5.54. The summed E-state index contributed by atoms with van der Waals surface area (Å²) in [5.74, 6) is -0.00795. The normalized spacial score (nSPS) is 11.6. The minimum absolute atomic E-state index is 0.124. The molecule has 4 aromatic carbocycles. The number of halogens is 2. The van der Waals surface area contributed by atoms with Gasteiger partial charge in [0, 0.05) is 35.4 Å². The number of carbonyl (C=O) groups excluding carboxylic acids is 2. The maximum atomic E-state index is 13.6. The summed E-state index contributed by atoms with van der Waals surface area (Å²) >= 11 is 12.5. The molecule has 5 nitrogen and oxygen atoms in total. The van der Waals surface area contributed by atoms with E-state index in [0.717, 1.165) is 16.3 Å². The molecule has 0 saturated heterocycles. The monoisotopic (exact) mass is 520 g/mol. The summed E-state index contributed by atoms with van der Waals surface area (Å²) in [4.78, 5) is 28.2. The van der Waals surface area contributed by atoms with Crippen molar-refractivity contribution in [2.24, 2.45) is 0 Å². The molecule has 0 heterocycles. The van der Waals surface area contributed by atoms with E-state index < -0.39 is 6.04 Å². The van der Waals surface area contributed by atoms with Gasteiger partial charge in [0.15, 0.2) is 6.61 Å². The third-order valence-corrected chi connectivity index (χ3v) is 6.56. The van der Waals surface area contributed by atoms with E-state index in [1.807, 2.05) is 72.8 Å². The predicted molar refractivity (Wildman–Crippen MR) is 144 cm³/mol. The van der Waals surface area contributed by atoms with E-state index in [0.29, 0.717) is 27.8 Å². The zero-order valence-corrected chi connectivity index (χ0v) is 21.3. The molecular formula is C29H26Cl2N2O3. The first kappa shape index (κ1) is 25.5. The number of hydrogen-bond donors (Lipinski definition) is 1. The maximum Gasteiger partial charge on any atom is 0.261 e. The van der Waals surface area contributed by atoms with Crippen LogP contribution >= 0.6 is 23.2 Å². The Labute approximate surface area is 220 Å². The molecule has 0 aliphatic rings. The molecule has 0 unspecified atom stereocenters. The third kappa shape index (κ3) is 6.17. The molecule has 0 saturated carbocycles. The van der Waals surface area contributed by atoms with Crippen molar-refractivity contribution in [2.45, 2.75) is 19.0 Å². The van der Waals surface area contributed by atoms with Gasteiger partial charge >= 0.3 is 0 Å². The Kier molecular flexibility index (Phi) is 8.47. The molecule has 0 aliphatic heterocycles. The van der Waals surface area contributed by atoms with Crippen LogP contribution in [0.25, 0.3) is 10.8 Å². The van der Waals surface area contributed by atoms with Gasteiger partial charge in [0.2, 0.25) is 5.91 Å². The van der Waals surface area contributed by atoms with Crippen LogP contribution in [0.15, 0.2) is 91.0 Å². The molecule has 4 rings (SSSR count). The molecule has 2 amide bonds. The highest BCUT2D eigenvalue weighted by atomic mass is 35.5. The third-order valence-electron chi connectivity index (χ3n) is 5.97. The molecule has 36 heavy (non-hydrogen) atoms. The number of benzene rings is 4. The van der Waals surface area contributed by atoms with Crippen molar-refractivity contribution < 1.29 is 14.3 Å². The Bertz CT molecular complexity index is 1360. The molecule has 7 heteroatoms. The van der Waals surface area contributed by atoms with E-state index in [-0.39, 0.29) is 25.0 Å². The summed E-state index contributed by atoms with van der Waals surface area (Å²) in [5.41, 5.74) is 1.61. The van der Waals surface area contributed by atoms with E-state index in [1.54, 1.807) is 25.2 Å². The van der Waals surface area contributed by atoms with E-state index in [1.165, 1.54) is 4.90 Å². The van der Waals surface area contributed by atoms with Crippen molar-refractivity contribution >= 4 is 45.8 Å². The lowest BCUT2D eigenvalue weighted by Crippen LogP contribution is -2.51. The number of hydrogen-bond acceptors (Lipinski definition) is 3. The van der Waals surface area contributed by atoms with Crippen LogP contribution < -0.4 is 10.1 Å². The topological polar surface area (TPSA) is 58.6 Å². The Morgan fingerprint density at radius 3 is 2.39 bits per heavy atom. The predicted octanol–water partition coefficient (Wildman–Crippen LogP) is 5.91. The molecule has 0 spiro atoms. The van der Waals surface area contributed by atoms with Gasteiger partial charge in [0.25, 0.3) is 5.91 Å². The van der Waals surface area contributed by atoms with Crippen molar-refractivity contribution in [2.75, 3.05) is 13.7 Å². The van der Waals surface area contributed by atoms with Gasteiger partial charge in [-0.15, -0.1) is 0 Å². The van der Waals surface area contributed by atoms with Gasteiger partial charge in [-0.05, 0) is 34.7 Å². The van der Waals surface area contributed by atoms with Gasteiger partial charge in [0.1, 0.15) is 11.8 Å². The zero-order chi connectivity index (χ0) is 25.5. The van der Waals surface area contributed by atoms with Crippen LogP contribution in [0, 0.1) is 0 Å². The van der Waals surface area contributed by atoms with E-state index in [4.69, 9.17) is 27.9 Å². The standard InChI is InChI=1S/C29H26Cl2N2O3/c1-32-29(35)26(16-20-8-3-2-4-9-20)33(18-22-14-15-23(30)17-25(22)31)28(34)19-36-27-13-7-11-21-10-5-6-12-24(21)27/h2-15,17,26H,16,18-19H2,1H3,(H,32,35)/t26-/m0/s1. The van der Waals surface area contributed by atoms with Crippen LogP contribution in [0.1, 0.15) is 11.1 Å². The first-order valence-corrected chi connectivity index (χ1v) is 12.3. The number of carbonyl (C=O) groups is 2. The molecule has 0 aliphatic carbocycles. The second-order valence-electron chi connectivity index (χ2n) is 8.34. The molecule has 0 aromatic heterocycles. The SMILES string of the molecule is CNC(=O)[C@H](Cc1ccccc1)N(Cc1ccc(Cl)cc1Cl)C(=O)COc1cccc2ccccc12. The first-order chi connectivity index (χ1) is 17.5. The number of likely N-dealkylation sites (N-methyl/N-ethyl adjacent to an activating group) is 1. The van der Waals surface area contributed by atoms with Gasteiger partial charge in [-0.1, -0.05) is 96.0 Å². The van der Waals surface area contributed by atoms with E-state index in [9.17, 15) is 9.59 Å². The number of ether oxygens (including phenoxy) is 1. The molecule has 184 valence electrons. The number of rotatable bonds is 9. The van der Waals surface area contributed by atoms with Crippen LogP contribution in [-0.4, -0.2) is 36.4 Å². The van der Waals surface area contributed by atoms with Crippen LogP contribution in [0.5, 0.6) is 5.75 Å². The van der Waals surface area contributed by atoms with Gasteiger partial charge in [-0.2, -0.15) is 0 Å². The second-order valence-corrected chi connectivity index (χ2v) is 9.19. The largest absolute Gasteiger partial charge is 0.483 e. The average molecular weight is 521 g/mol. The Hall–Kier alpha value is -3.54. The summed E-state index contributed by atoms with van der Waals surface area (Å²) < 4.78 is 5.99. The minimum Gasteiger partial charge on any atom is -0.483 e. The number of nitrogens with one attached hydrogen (secondary N) is 1. The van der Waals surface area contributed by atoms with Crippen molar-refractivity contribution in [3.63, 3.8) is 0 Å². The highest BCUT2D eigenvalue weighted by Gasteiger charge is 2.30. The van der Waals surface area contributed by atoms with Crippen LogP contribution in [0.4, 0.5) is 0 Å². The van der Waals surface area contributed by atoms with Crippen molar-refractivity contribution in [3.05, 3.63) is 112 Å². The molecular weight excluding hydrogens is 495 g/mol. The molecule has 4 aromatic rings. The van der Waals surface area contributed by atoms with Crippen molar-refractivity contribution in [3.8, 4) is 5.75 Å². The fourth-order valence-electron chi connectivity index (χ4n) is 4.10. The Morgan fingerprint density at radius 1 is 0.917 bits per heavy atom.